The molecule has 0 radical (unpaired) electrons. The fourth-order valence-electron chi connectivity index (χ4n) is 3.37. The molecule has 0 heterocycles. The first-order chi connectivity index (χ1) is 19.4. The van der Waals surface area contributed by atoms with Crippen molar-refractivity contribution in [2.45, 2.75) is 12.6 Å². The first-order valence-electron chi connectivity index (χ1n) is 12.2. The number of anilines is 1. The molecule has 3 amide bonds. The van der Waals surface area contributed by atoms with Crippen LogP contribution in [0.1, 0.15) is 27.0 Å². The predicted octanol–water partition coefficient (Wildman–Crippen LogP) is 1.39. The van der Waals surface area contributed by atoms with Gasteiger partial charge in [0.2, 0.25) is 5.91 Å². The molecule has 3 aromatic carbocycles. The molecule has 1 atom stereocenters. The number of rotatable bonds is 10. The Hall–Kier alpha value is -5.13. The van der Waals surface area contributed by atoms with Crippen LogP contribution in [0.4, 0.5) is 5.69 Å². The lowest BCUT2D eigenvalue weighted by Gasteiger charge is -2.14. The van der Waals surface area contributed by atoms with Crippen LogP contribution in [0.15, 0.2) is 72.8 Å². The number of hydrogen-bond acceptors (Lipinski definition) is 7. The van der Waals surface area contributed by atoms with Crippen LogP contribution in [-0.2, 0) is 16.1 Å². The Bertz CT molecular complexity index is 1430. The average molecular weight is 540 g/mol. The number of carbonyl (C=O) groups excluding carboxylic acids is 3. The van der Waals surface area contributed by atoms with Crippen LogP contribution in [0, 0.1) is 23.7 Å². The second-order valence-corrected chi connectivity index (χ2v) is 8.39. The van der Waals surface area contributed by atoms with Crippen molar-refractivity contribution in [3.05, 3.63) is 95.1 Å². The van der Waals surface area contributed by atoms with Gasteiger partial charge in [-0.2, -0.15) is 0 Å². The number of ether oxygens (including phenoxy) is 1. The summed E-state index contributed by atoms with van der Waals surface area (Å²) in [7, 11) is 1.62. The number of carbonyl (C=O) groups is 3. The van der Waals surface area contributed by atoms with Crippen molar-refractivity contribution >= 4 is 23.4 Å². The minimum absolute atomic E-state index is 0.156. The standard InChI is InChI=1S/C30H29N5O5/c1-40-26-16-10-23(11-17-26)19-32-20-28(36)33-25-14-8-22(9-15-25)5-3-2-4-21-6-12-24(13-7-21)29(37)34-27(18-31)30(38)35-39/h6-17,27,32,39H,18-20,31H2,1H3,(H,33,36)(H,34,37)(H,35,38)/t27-/m0/s1. The molecular weight excluding hydrogens is 510 g/mol. The van der Waals surface area contributed by atoms with E-state index in [0.29, 0.717) is 23.4 Å². The molecule has 0 spiro atoms. The zero-order valence-electron chi connectivity index (χ0n) is 21.8. The van der Waals surface area contributed by atoms with Crippen molar-refractivity contribution in [1.82, 2.24) is 16.1 Å². The van der Waals surface area contributed by atoms with Crippen molar-refractivity contribution < 1.29 is 24.3 Å². The second-order valence-electron chi connectivity index (χ2n) is 8.39. The molecule has 40 heavy (non-hydrogen) atoms. The van der Waals surface area contributed by atoms with E-state index in [0.717, 1.165) is 16.9 Å². The number of amides is 3. The van der Waals surface area contributed by atoms with Gasteiger partial charge in [0.15, 0.2) is 0 Å². The van der Waals surface area contributed by atoms with Crippen LogP contribution in [0.2, 0.25) is 0 Å². The summed E-state index contributed by atoms with van der Waals surface area (Å²) in [5, 5.41) is 17.1. The Balaban J connectivity index is 1.45. The van der Waals surface area contributed by atoms with E-state index in [1.54, 1.807) is 55.6 Å². The summed E-state index contributed by atoms with van der Waals surface area (Å²) in [6.45, 7) is 0.568. The number of nitrogens with two attached hydrogens (primary N) is 1. The van der Waals surface area contributed by atoms with Crippen LogP contribution < -0.4 is 31.9 Å². The van der Waals surface area contributed by atoms with Crippen molar-refractivity contribution in [1.29, 1.82) is 0 Å². The maximum atomic E-state index is 12.2. The molecule has 0 saturated heterocycles. The van der Waals surface area contributed by atoms with Gasteiger partial charge in [0.25, 0.3) is 11.8 Å². The van der Waals surface area contributed by atoms with Gasteiger partial charge in [-0.15, -0.1) is 0 Å². The Labute approximate surface area is 232 Å². The van der Waals surface area contributed by atoms with Gasteiger partial charge < -0.3 is 26.4 Å². The minimum atomic E-state index is -1.05. The van der Waals surface area contributed by atoms with Gasteiger partial charge >= 0.3 is 0 Å². The van der Waals surface area contributed by atoms with Crippen molar-refractivity contribution in [2.24, 2.45) is 5.73 Å². The molecule has 0 aromatic heterocycles. The first-order valence-corrected chi connectivity index (χ1v) is 12.2. The van der Waals surface area contributed by atoms with Crippen LogP contribution in [0.25, 0.3) is 0 Å². The molecular formula is C30H29N5O5. The van der Waals surface area contributed by atoms with Gasteiger partial charge in [-0.3, -0.25) is 19.6 Å². The van der Waals surface area contributed by atoms with Gasteiger partial charge in [-0.25, -0.2) is 5.48 Å². The average Bonchev–Trinajstić information content (AvgIpc) is 2.99. The van der Waals surface area contributed by atoms with Gasteiger partial charge in [0, 0.05) is 35.5 Å². The zero-order chi connectivity index (χ0) is 28.7. The van der Waals surface area contributed by atoms with Crippen LogP contribution in [0.3, 0.4) is 0 Å². The van der Waals surface area contributed by atoms with E-state index in [1.165, 1.54) is 5.48 Å². The topological polar surface area (TPSA) is 155 Å². The third kappa shape index (κ3) is 9.31. The van der Waals surface area contributed by atoms with E-state index in [2.05, 4.69) is 39.6 Å². The molecule has 3 aromatic rings. The van der Waals surface area contributed by atoms with Gasteiger partial charge in [-0.1, -0.05) is 24.0 Å². The summed E-state index contributed by atoms with van der Waals surface area (Å²) in [4.78, 5) is 35.9. The van der Waals surface area contributed by atoms with Crippen LogP contribution in [-0.4, -0.2) is 49.2 Å². The molecule has 0 saturated carbocycles. The normalized spacial score (nSPS) is 10.6. The third-order valence-corrected chi connectivity index (χ3v) is 5.53. The Kier molecular flexibility index (Phi) is 11.3. The minimum Gasteiger partial charge on any atom is -0.497 e. The Morgan fingerprint density at radius 3 is 2.05 bits per heavy atom. The lowest BCUT2D eigenvalue weighted by atomic mass is 10.1. The third-order valence-electron chi connectivity index (χ3n) is 5.53. The molecule has 0 fully saturated rings. The largest absolute Gasteiger partial charge is 0.497 e. The van der Waals surface area contributed by atoms with Gasteiger partial charge in [0.05, 0.1) is 13.7 Å². The molecule has 10 nitrogen and oxygen atoms in total. The summed E-state index contributed by atoms with van der Waals surface area (Å²) in [5.41, 5.74) is 10.3. The van der Waals surface area contributed by atoms with Gasteiger partial charge in [0.1, 0.15) is 11.8 Å². The summed E-state index contributed by atoms with van der Waals surface area (Å²) in [5.74, 6) is 10.7. The van der Waals surface area contributed by atoms with Crippen molar-refractivity contribution in [2.75, 3.05) is 25.5 Å². The Morgan fingerprint density at radius 1 is 0.900 bits per heavy atom. The number of nitrogens with one attached hydrogen (secondary N) is 4. The fraction of sp³-hybridized carbons (Fsp3) is 0.167. The van der Waals surface area contributed by atoms with Crippen molar-refractivity contribution in [3.63, 3.8) is 0 Å². The highest BCUT2D eigenvalue weighted by atomic mass is 16.5. The highest BCUT2D eigenvalue weighted by Crippen LogP contribution is 2.11. The summed E-state index contributed by atoms with van der Waals surface area (Å²) >= 11 is 0. The molecule has 0 bridgehead atoms. The van der Waals surface area contributed by atoms with Crippen molar-refractivity contribution in [3.8, 4) is 29.4 Å². The molecule has 0 aliphatic heterocycles. The molecule has 7 N–H and O–H groups in total. The molecule has 0 aliphatic carbocycles. The van der Waals surface area contributed by atoms with E-state index in [4.69, 9.17) is 15.7 Å². The number of hydroxylamine groups is 1. The monoisotopic (exact) mass is 539 g/mol. The smallest absolute Gasteiger partial charge is 0.267 e. The summed E-state index contributed by atoms with van der Waals surface area (Å²) < 4.78 is 5.13. The zero-order valence-corrected chi connectivity index (χ0v) is 21.8. The number of methoxy groups -OCH3 is 1. The fourth-order valence-corrected chi connectivity index (χ4v) is 3.37. The summed E-state index contributed by atoms with van der Waals surface area (Å²) in [6.07, 6.45) is 0. The molecule has 0 aliphatic rings. The molecule has 0 unspecified atom stereocenters. The Morgan fingerprint density at radius 2 is 1.50 bits per heavy atom. The maximum Gasteiger partial charge on any atom is 0.267 e. The van der Waals surface area contributed by atoms with E-state index in [1.807, 2.05) is 24.3 Å². The highest BCUT2D eigenvalue weighted by Gasteiger charge is 2.19. The number of benzene rings is 3. The second kappa shape index (κ2) is 15.3. The summed E-state index contributed by atoms with van der Waals surface area (Å²) in [6, 6.07) is 20.1. The SMILES string of the molecule is COc1ccc(CNCC(=O)Nc2ccc(C#CC#Cc3ccc(C(=O)N[C@@H](CN)C(=O)NO)cc3)cc2)cc1. The lowest BCUT2D eigenvalue weighted by molar-refractivity contribution is -0.130. The van der Waals surface area contributed by atoms with E-state index in [9.17, 15) is 14.4 Å². The molecule has 10 heteroatoms. The number of hydrogen-bond donors (Lipinski definition) is 6. The molecule has 204 valence electrons. The van der Waals surface area contributed by atoms with E-state index >= 15 is 0 Å². The quantitative estimate of drug-likeness (QED) is 0.129. The van der Waals surface area contributed by atoms with E-state index in [-0.39, 0.29) is 19.0 Å². The van der Waals surface area contributed by atoms with Crippen LogP contribution in [0.5, 0.6) is 5.75 Å². The first kappa shape index (κ1) is 29.4. The van der Waals surface area contributed by atoms with Crippen LogP contribution >= 0.6 is 0 Å². The lowest BCUT2D eigenvalue weighted by Crippen LogP contribution is -2.50. The predicted molar refractivity (Wildman–Crippen MR) is 150 cm³/mol. The van der Waals surface area contributed by atoms with Gasteiger partial charge in [-0.05, 0) is 78.1 Å². The highest BCUT2D eigenvalue weighted by molar-refractivity contribution is 5.97. The molecule has 3 rings (SSSR count). The maximum absolute atomic E-state index is 12.2. The van der Waals surface area contributed by atoms with E-state index < -0.39 is 17.9 Å².